The predicted octanol–water partition coefficient (Wildman–Crippen LogP) is 1.75. The Labute approximate surface area is 217 Å². The first kappa shape index (κ1) is 32.0. The van der Waals surface area contributed by atoms with E-state index >= 15 is 0 Å². The molecule has 4 atom stereocenters. The molecule has 0 radical (unpaired) electrons. The molecule has 10 nitrogen and oxygen atoms in total. The predicted molar refractivity (Wildman–Crippen MR) is 137 cm³/mol. The van der Waals surface area contributed by atoms with Crippen molar-refractivity contribution in [2.45, 2.75) is 70.0 Å². The lowest BCUT2D eigenvalue weighted by Gasteiger charge is -2.26. The van der Waals surface area contributed by atoms with Crippen LogP contribution in [0.3, 0.4) is 0 Å². The van der Waals surface area contributed by atoms with Crippen LogP contribution in [0.5, 0.6) is 5.75 Å². The number of hydrogen-bond acceptors (Lipinski definition) is 8. The van der Waals surface area contributed by atoms with Crippen molar-refractivity contribution in [3.63, 3.8) is 0 Å². The molecule has 0 bridgehead atoms. The number of para-hydroxylation sites is 1. The number of ether oxygens (including phenoxy) is 1. The molecule has 2 aromatic rings. The van der Waals surface area contributed by atoms with Gasteiger partial charge in [-0.25, -0.2) is 9.59 Å². The number of aliphatic carboxylic acids is 2. The fourth-order valence-corrected chi connectivity index (χ4v) is 3.02. The molecular weight excluding hydrogens is 482 g/mol. The van der Waals surface area contributed by atoms with Gasteiger partial charge in [-0.3, -0.25) is 0 Å². The van der Waals surface area contributed by atoms with Crippen LogP contribution in [0.4, 0.5) is 0 Å². The number of aliphatic hydroxyl groups is 4. The lowest BCUT2D eigenvalue weighted by molar-refractivity contribution is -0.165. The first-order chi connectivity index (χ1) is 17.4. The number of carbonyl (C=O) groups is 2. The molecule has 0 saturated carbocycles. The van der Waals surface area contributed by atoms with E-state index in [4.69, 9.17) is 25.2 Å². The normalized spacial score (nSPS) is 14.5. The largest absolute Gasteiger partial charge is 0.490 e. The van der Waals surface area contributed by atoms with Crippen molar-refractivity contribution in [3.05, 3.63) is 65.7 Å². The molecule has 7 N–H and O–H groups in total. The lowest BCUT2D eigenvalue weighted by atomic mass is 10.0. The van der Waals surface area contributed by atoms with E-state index in [2.05, 4.69) is 38.2 Å². The van der Waals surface area contributed by atoms with Gasteiger partial charge in [0.05, 0.1) is 6.10 Å². The van der Waals surface area contributed by atoms with Crippen LogP contribution in [0.25, 0.3) is 0 Å². The van der Waals surface area contributed by atoms with Gasteiger partial charge in [-0.2, -0.15) is 0 Å². The summed E-state index contributed by atoms with van der Waals surface area (Å²) >= 11 is 0. The molecule has 0 aliphatic carbocycles. The SMILES string of the molecule is CCC(C)(C)NCC(O)COc1ccccc1C(O)CCc1ccccc1.O=C(O)C(O)C(O)C(=O)O. The summed E-state index contributed by atoms with van der Waals surface area (Å²) in [7, 11) is 0. The summed E-state index contributed by atoms with van der Waals surface area (Å²) in [5.74, 6) is -2.91. The second-order valence-electron chi connectivity index (χ2n) is 9.23. The van der Waals surface area contributed by atoms with Gasteiger partial charge in [-0.15, -0.1) is 0 Å². The van der Waals surface area contributed by atoms with Crippen LogP contribution in [0.1, 0.15) is 50.8 Å². The molecule has 0 aromatic heterocycles. The molecule has 0 aliphatic heterocycles. The first-order valence-corrected chi connectivity index (χ1v) is 12.1. The molecule has 2 aromatic carbocycles. The highest BCUT2D eigenvalue weighted by molar-refractivity contribution is 5.83. The maximum absolute atomic E-state index is 10.6. The van der Waals surface area contributed by atoms with Crippen LogP contribution in [0.2, 0.25) is 0 Å². The summed E-state index contributed by atoms with van der Waals surface area (Å²) in [6, 6.07) is 17.6. The molecule has 4 unspecified atom stereocenters. The first-order valence-electron chi connectivity index (χ1n) is 12.1. The Bertz CT molecular complexity index is 934. The van der Waals surface area contributed by atoms with Gasteiger partial charge in [0.25, 0.3) is 0 Å². The van der Waals surface area contributed by atoms with Gasteiger partial charge >= 0.3 is 11.9 Å². The molecule has 0 aliphatic rings. The topological polar surface area (TPSA) is 177 Å². The average Bonchev–Trinajstić information content (AvgIpc) is 2.89. The zero-order valence-electron chi connectivity index (χ0n) is 21.4. The Hall–Kier alpha value is -3.02. The molecule has 37 heavy (non-hydrogen) atoms. The summed E-state index contributed by atoms with van der Waals surface area (Å²) in [4.78, 5) is 19.5. The second kappa shape index (κ2) is 16.0. The van der Waals surface area contributed by atoms with Gasteiger partial charge in [0.1, 0.15) is 18.5 Å². The van der Waals surface area contributed by atoms with Crippen LogP contribution < -0.4 is 10.1 Å². The fourth-order valence-electron chi connectivity index (χ4n) is 3.02. The Morgan fingerprint density at radius 2 is 1.43 bits per heavy atom. The minimum Gasteiger partial charge on any atom is -0.490 e. The van der Waals surface area contributed by atoms with Crippen molar-refractivity contribution in [1.82, 2.24) is 5.32 Å². The van der Waals surface area contributed by atoms with E-state index < -0.39 is 36.4 Å². The van der Waals surface area contributed by atoms with Crippen molar-refractivity contribution in [2.75, 3.05) is 13.2 Å². The Balaban J connectivity index is 0.000000580. The lowest BCUT2D eigenvalue weighted by Crippen LogP contribution is -2.44. The molecular formula is C27H39NO9. The van der Waals surface area contributed by atoms with Crippen molar-refractivity contribution >= 4 is 11.9 Å². The average molecular weight is 522 g/mol. The van der Waals surface area contributed by atoms with E-state index in [1.54, 1.807) is 0 Å². The van der Waals surface area contributed by atoms with Gasteiger partial charge in [0.2, 0.25) is 0 Å². The van der Waals surface area contributed by atoms with Crippen LogP contribution >= 0.6 is 0 Å². The van der Waals surface area contributed by atoms with Gasteiger partial charge in [-0.1, -0.05) is 55.5 Å². The number of carboxylic acid groups (broad SMARTS) is 2. The Morgan fingerprint density at radius 3 is 1.97 bits per heavy atom. The van der Waals surface area contributed by atoms with Gasteiger partial charge < -0.3 is 40.7 Å². The van der Waals surface area contributed by atoms with Crippen LogP contribution in [-0.2, 0) is 16.0 Å². The quantitative estimate of drug-likeness (QED) is 0.194. The third-order valence-electron chi connectivity index (χ3n) is 5.76. The monoisotopic (exact) mass is 521 g/mol. The summed E-state index contributed by atoms with van der Waals surface area (Å²) in [5.41, 5.74) is 1.96. The minimum absolute atomic E-state index is 0.00742. The zero-order chi connectivity index (χ0) is 28.0. The number of aliphatic hydroxyl groups excluding tert-OH is 4. The second-order valence-corrected chi connectivity index (χ2v) is 9.23. The smallest absolute Gasteiger partial charge is 0.335 e. The molecule has 0 spiro atoms. The fraction of sp³-hybridized carbons (Fsp3) is 0.481. The molecule has 0 amide bonds. The Kier molecular flexibility index (Phi) is 13.8. The number of hydrogen-bond donors (Lipinski definition) is 7. The van der Waals surface area contributed by atoms with Crippen molar-refractivity contribution in [1.29, 1.82) is 0 Å². The number of benzene rings is 2. The van der Waals surface area contributed by atoms with Crippen LogP contribution in [-0.4, -0.2) is 79.6 Å². The molecule has 10 heteroatoms. The van der Waals surface area contributed by atoms with E-state index in [1.165, 1.54) is 5.56 Å². The van der Waals surface area contributed by atoms with Crippen LogP contribution in [0, 0.1) is 0 Å². The molecule has 0 heterocycles. The standard InChI is InChI=1S/C23H33NO3.C4H6O6/c1-4-23(2,3)24-16-19(25)17-27-22-13-9-8-12-20(22)21(26)15-14-18-10-6-5-7-11-18;5-1(3(7)8)2(6)4(9)10/h5-13,19,21,24-26H,4,14-17H2,1-3H3;1-2,5-6H,(H,7,8)(H,9,10). The zero-order valence-corrected chi connectivity index (χ0v) is 21.4. The highest BCUT2D eigenvalue weighted by Crippen LogP contribution is 2.28. The minimum atomic E-state index is -2.27. The number of β-amino-alcohol motifs (C(OH)–C–C–N with tert-alkyl or cyclic N) is 1. The molecule has 206 valence electrons. The number of carboxylic acids is 2. The van der Waals surface area contributed by atoms with Crippen molar-refractivity contribution in [3.8, 4) is 5.75 Å². The third kappa shape index (κ3) is 12.2. The number of rotatable bonds is 14. The van der Waals surface area contributed by atoms with E-state index in [0.29, 0.717) is 18.7 Å². The van der Waals surface area contributed by atoms with Crippen molar-refractivity contribution < 1.29 is 45.0 Å². The number of aryl methyl sites for hydroxylation is 1. The Morgan fingerprint density at radius 1 is 0.892 bits per heavy atom. The van der Waals surface area contributed by atoms with Gasteiger partial charge in [0, 0.05) is 17.6 Å². The van der Waals surface area contributed by atoms with Crippen molar-refractivity contribution in [2.24, 2.45) is 0 Å². The van der Waals surface area contributed by atoms with E-state index in [0.717, 1.165) is 18.4 Å². The summed E-state index contributed by atoms with van der Waals surface area (Å²) in [5, 5.41) is 56.7. The summed E-state index contributed by atoms with van der Waals surface area (Å²) < 4.78 is 5.82. The molecule has 2 rings (SSSR count). The highest BCUT2D eigenvalue weighted by atomic mass is 16.5. The maximum atomic E-state index is 10.6. The van der Waals surface area contributed by atoms with Crippen LogP contribution in [0.15, 0.2) is 54.6 Å². The third-order valence-corrected chi connectivity index (χ3v) is 5.76. The highest BCUT2D eigenvalue weighted by Gasteiger charge is 2.29. The summed E-state index contributed by atoms with van der Waals surface area (Å²) in [6.07, 6.45) is -3.33. The number of nitrogens with one attached hydrogen (secondary N) is 1. The maximum Gasteiger partial charge on any atom is 0.335 e. The van der Waals surface area contributed by atoms with E-state index in [1.807, 2.05) is 42.5 Å². The van der Waals surface area contributed by atoms with Gasteiger partial charge in [0.15, 0.2) is 12.2 Å². The van der Waals surface area contributed by atoms with Gasteiger partial charge in [-0.05, 0) is 44.7 Å². The van der Waals surface area contributed by atoms with E-state index in [9.17, 15) is 19.8 Å². The van der Waals surface area contributed by atoms with E-state index in [-0.39, 0.29) is 12.1 Å². The molecule has 0 saturated heterocycles. The molecule has 0 fully saturated rings. The summed E-state index contributed by atoms with van der Waals surface area (Å²) in [6.45, 7) is 7.00.